The highest BCUT2D eigenvalue weighted by atomic mass is 15.3. The van der Waals surface area contributed by atoms with Gasteiger partial charge in [0.05, 0.1) is 11.1 Å². The minimum Gasteiger partial charge on any atom is -0.353 e. The molecule has 0 atom stereocenters. The predicted octanol–water partition coefficient (Wildman–Crippen LogP) is 2.86. The summed E-state index contributed by atoms with van der Waals surface area (Å²) in [5, 5.41) is 1.21. The molecule has 0 aliphatic carbocycles. The molecule has 2 aromatic rings. The summed E-state index contributed by atoms with van der Waals surface area (Å²) in [5.41, 5.74) is 8.63. The lowest BCUT2D eigenvalue weighted by Gasteiger charge is -2.49. The Morgan fingerprint density at radius 2 is 2.05 bits per heavy atom. The molecule has 0 bridgehead atoms. The molecule has 1 aromatic carbocycles. The maximum atomic E-state index is 6.33. The first-order chi connectivity index (χ1) is 9.11. The molecule has 1 fully saturated rings. The maximum Gasteiger partial charge on any atom is 0.132 e. The van der Waals surface area contributed by atoms with E-state index in [0.717, 1.165) is 37.3 Å². The summed E-state index contributed by atoms with van der Waals surface area (Å²) in [6.07, 6.45) is 2.24. The highest BCUT2D eigenvalue weighted by molar-refractivity contribution is 5.81. The normalized spacial score (nSPS) is 17.5. The van der Waals surface area contributed by atoms with Crippen molar-refractivity contribution in [2.24, 2.45) is 5.73 Å². The number of nitrogens with two attached hydrogens (primary N) is 1. The zero-order chi connectivity index (χ0) is 13.5. The minimum atomic E-state index is -0.00544. The molecule has 19 heavy (non-hydrogen) atoms. The van der Waals surface area contributed by atoms with Crippen molar-refractivity contribution in [3.05, 3.63) is 35.9 Å². The summed E-state index contributed by atoms with van der Waals surface area (Å²) in [7, 11) is 0. The zero-order valence-corrected chi connectivity index (χ0v) is 11.7. The number of fused-ring (bicyclic) bond motifs is 1. The fourth-order valence-corrected chi connectivity index (χ4v) is 3.05. The van der Waals surface area contributed by atoms with E-state index in [1.807, 2.05) is 6.07 Å². The van der Waals surface area contributed by atoms with Crippen LogP contribution in [0.15, 0.2) is 30.3 Å². The van der Waals surface area contributed by atoms with Crippen LogP contribution < -0.4 is 10.6 Å². The molecular weight excluding hydrogens is 234 g/mol. The predicted molar refractivity (Wildman–Crippen MR) is 80.5 cm³/mol. The Balaban J connectivity index is 1.88. The first-order valence-electron chi connectivity index (χ1n) is 7.01. The molecule has 100 valence electrons. The molecule has 2 heterocycles. The lowest BCUT2D eigenvalue weighted by atomic mass is 9.86. The van der Waals surface area contributed by atoms with Crippen LogP contribution in [0, 0.1) is 6.92 Å². The average molecular weight is 255 g/mol. The molecule has 0 spiro atoms. The highest BCUT2D eigenvalue weighted by Crippen LogP contribution is 2.31. The van der Waals surface area contributed by atoms with Gasteiger partial charge < -0.3 is 10.6 Å². The van der Waals surface area contributed by atoms with Crippen LogP contribution in [-0.2, 0) is 0 Å². The molecule has 1 aliphatic rings. The van der Waals surface area contributed by atoms with Gasteiger partial charge in [-0.25, -0.2) is 4.98 Å². The van der Waals surface area contributed by atoms with Crippen molar-refractivity contribution in [1.82, 2.24) is 4.98 Å². The van der Waals surface area contributed by atoms with E-state index in [2.05, 4.69) is 43.0 Å². The number of anilines is 1. The number of aromatic nitrogens is 1. The summed E-state index contributed by atoms with van der Waals surface area (Å²) < 4.78 is 0. The van der Waals surface area contributed by atoms with Crippen LogP contribution in [-0.4, -0.2) is 23.6 Å². The van der Waals surface area contributed by atoms with Gasteiger partial charge in [-0.1, -0.05) is 31.5 Å². The van der Waals surface area contributed by atoms with Crippen molar-refractivity contribution in [3.63, 3.8) is 0 Å². The van der Waals surface area contributed by atoms with E-state index in [9.17, 15) is 0 Å². The van der Waals surface area contributed by atoms with E-state index in [0.29, 0.717) is 0 Å². The Morgan fingerprint density at radius 3 is 2.79 bits per heavy atom. The van der Waals surface area contributed by atoms with E-state index in [1.54, 1.807) is 0 Å². The topological polar surface area (TPSA) is 42.1 Å². The standard InChI is InChI=1S/C16H21N3/c1-3-8-16(17)10-19(11-16)15-12(2)9-13-6-4-5-7-14(13)18-15/h4-7,9H,3,8,10-11,17H2,1-2H3. The molecular formula is C16H21N3. The lowest BCUT2D eigenvalue weighted by Crippen LogP contribution is -2.67. The smallest absolute Gasteiger partial charge is 0.132 e. The van der Waals surface area contributed by atoms with Gasteiger partial charge in [-0.15, -0.1) is 0 Å². The number of hydrogen-bond acceptors (Lipinski definition) is 3. The first kappa shape index (κ1) is 12.4. The summed E-state index contributed by atoms with van der Waals surface area (Å²) in [6.45, 7) is 6.17. The van der Waals surface area contributed by atoms with E-state index in [-0.39, 0.29) is 5.54 Å². The van der Waals surface area contributed by atoms with E-state index in [4.69, 9.17) is 10.7 Å². The third kappa shape index (κ3) is 2.19. The van der Waals surface area contributed by atoms with Gasteiger partial charge in [-0.05, 0) is 31.0 Å². The van der Waals surface area contributed by atoms with Gasteiger partial charge in [0.2, 0.25) is 0 Å². The number of nitrogens with zero attached hydrogens (tertiary/aromatic N) is 2. The quantitative estimate of drug-likeness (QED) is 0.917. The molecule has 2 N–H and O–H groups in total. The third-order valence-electron chi connectivity index (χ3n) is 3.95. The summed E-state index contributed by atoms with van der Waals surface area (Å²) >= 11 is 0. The average Bonchev–Trinajstić information content (AvgIpc) is 2.35. The number of aryl methyl sites for hydroxylation is 1. The van der Waals surface area contributed by atoms with Gasteiger partial charge in [-0.2, -0.15) is 0 Å². The van der Waals surface area contributed by atoms with Crippen molar-refractivity contribution in [3.8, 4) is 0 Å². The second kappa shape index (κ2) is 4.49. The monoisotopic (exact) mass is 255 g/mol. The van der Waals surface area contributed by atoms with Crippen molar-refractivity contribution in [1.29, 1.82) is 0 Å². The van der Waals surface area contributed by atoms with Crippen LogP contribution in [0.25, 0.3) is 10.9 Å². The van der Waals surface area contributed by atoms with Crippen molar-refractivity contribution < 1.29 is 0 Å². The lowest BCUT2D eigenvalue weighted by molar-refractivity contribution is 0.306. The SMILES string of the molecule is CCCC1(N)CN(c2nc3ccccc3cc2C)C1. The second-order valence-corrected chi connectivity index (χ2v) is 5.79. The van der Waals surface area contributed by atoms with Gasteiger partial charge in [0.25, 0.3) is 0 Å². The molecule has 1 aromatic heterocycles. The summed E-state index contributed by atoms with van der Waals surface area (Å²) in [5.74, 6) is 1.09. The summed E-state index contributed by atoms with van der Waals surface area (Å²) in [6, 6.07) is 10.5. The Labute approximate surface area is 114 Å². The van der Waals surface area contributed by atoms with Gasteiger partial charge in [-0.3, -0.25) is 0 Å². The molecule has 0 unspecified atom stereocenters. The van der Waals surface area contributed by atoms with Crippen molar-refractivity contribution >= 4 is 16.7 Å². The first-order valence-corrected chi connectivity index (χ1v) is 7.01. The molecule has 1 aliphatic heterocycles. The van der Waals surface area contributed by atoms with Crippen LogP contribution in [0.3, 0.4) is 0 Å². The van der Waals surface area contributed by atoms with Gasteiger partial charge >= 0.3 is 0 Å². The van der Waals surface area contributed by atoms with E-state index in [1.165, 1.54) is 10.9 Å². The fourth-order valence-electron chi connectivity index (χ4n) is 3.05. The molecule has 3 rings (SSSR count). The van der Waals surface area contributed by atoms with E-state index < -0.39 is 0 Å². The number of rotatable bonds is 3. The van der Waals surface area contributed by atoms with Crippen LogP contribution in [0.4, 0.5) is 5.82 Å². The third-order valence-corrected chi connectivity index (χ3v) is 3.95. The van der Waals surface area contributed by atoms with E-state index >= 15 is 0 Å². The Kier molecular flexibility index (Phi) is 2.94. The van der Waals surface area contributed by atoms with Gasteiger partial charge in [0.1, 0.15) is 5.82 Å². The van der Waals surface area contributed by atoms with Gasteiger partial charge in [0.15, 0.2) is 0 Å². The number of benzene rings is 1. The molecule has 3 nitrogen and oxygen atoms in total. The van der Waals surface area contributed by atoms with Crippen LogP contribution in [0.1, 0.15) is 25.3 Å². The number of hydrogen-bond donors (Lipinski definition) is 1. The molecule has 0 amide bonds. The van der Waals surface area contributed by atoms with Crippen LogP contribution >= 0.6 is 0 Å². The number of pyridine rings is 1. The Morgan fingerprint density at radius 1 is 1.32 bits per heavy atom. The Bertz CT molecular complexity index is 600. The highest BCUT2D eigenvalue weighted by Gasteiger charge is 2.39. The zero-order valence-electron chi connectivity index (χ0n) is 11.7. The molecule has 0 radical (unpaired) electrons. The summed E-state index contributed by atoms with van der Waals surface area (Å²) in [4.78, 5) is 7.10. The fraction of sp³-hybridized carbons (Fsp3) is 0.438. The molecule has 1 saturated heterocycles. The number of para-hydroxylation sites is 1. The largest absolute Gasteiger partial charge is 0.353 e. The van der Waals surface area contributed by atoms with Crippen molar-refractivity contribution in [2.75, 3.05) is 18.0 Å². The van der Waals surface area contributed by atoms with Gasteiger partial charge in [0, 0.05) is 18.5 Å². The Hall–Kier alpha value is -1.61. The maximum absolute atomic E-state index is 6.33. The minimum absolute atomic E-state index is 0.00544. The van der Waals surface area contributed by atoms with Crippen molar-refractivity contribution in [2.45, 2.75) is 32.2 Å². The second-order valence-electron chi connectivity index (χ2n) is 5.79. The van der Waals surface area contributed by atoms with Crippen LogP contribution in [0.2, 0.25) is 0 Å². The molecule has 3 heteroatoms. The molecule has 0 saturated carbocycles. The van der Waals surface area contributed by atoms with Crippen LogP contribution in [0.5, 0.6) is 0 Å².